The van der Waals surface area contributed by atoms with Gasteiger partial charge in [-0.15, -0.1) is 0 Å². The molecule has 1 atom stereocenters. The SMILES string of the molecule is Cc1ccc(Oc2cccc(F)c2[C@H](C)O)c([N+](=O)[O-])c1. The number of aliphatic hydroxyl groups excluding tert-OH is 1. The molecule has 0 spiro atoms. The van der Waals surface area contributed by atoms with Crippen molar-refractivity contribution >= 4 is 5.69 Å². The van der Waals surface area contributed by atoms with Gasteiger partial charge >= 0.3 is 5.69 Å². The number of aliphatic hydroxyl groups is 1. The molecule has 0 aliphatic heterocycles. The number of halogens is 1. The van der Waals surface area contributed by atoms with Gasteiger partial charge in [0.2, 0.25) is 5.75 Å². The average molecular weight is 291 g/mol. The molecule has 0 unspecified atom stereocenters. The lowest BCUT2D eigenvalue weighted by Gasteiger charge is -2.14. The van der Waals surface area contributed by atoms with Crippen LogP contribution in [0.25, 0.3) is 0 Å². The highest BCUT2D eigenvalue weighted by atomic mass is 19.1. The van der Waals surface area contributed by atoms with Crippen molar-refractivity contribution in [3.05, 3.63) is 63.5 Å². The molecule has 0 bridgehead atoms. The Morgan fingerprint density at radius 1 is 1.29 bits per heavy atom. The minimum atomic E-state index is -1.09. The summed E-state index contributed by atoms with van der Waals surface area (Å²) in [5.41, 5.74) is 0.465. The van der Waals surface area contributed by atoms with Crippen LogP contribution in [-0.2, 0) is 0 Å². The summed E-state index contributed by atoms with van der Waals surface area (Å²) in [6.07, 6.45) is -1.09. The maximum Gasteiger partial charge on any atom is 0.311 e. The van der Waals surface area contributed by atoms with E-state index in [1.54, 1.807) is 13.0 Å². The van der Waals surface area contributed by atoms with Crippen LogP contribution in [0, 0.1) is 22.9 Å². The molecule has 5 nitrogen and oxygen atoms in total. The number of hydrogen-bond donors (Lipinski definition) is 1. The summed E-state index contributed by atoms with van der Waals surface area (Å²) in [6.45, 7) is 3.12. The number of ether oxygens (including phenoxy) is 1. The Bertz CT molecular complexity index is 685. The largest absolute Gasteiger partial charge is 0.450 e. The molecule has 0 aromatic heterocycles. The Kier molecular flexibility index (Phi) is 4.18. The van der Waals surface area contributed by atoms with Gasteiger partial charge < -0.3 is 9.84 Å². The van der Waals surface area contributed by atoms with Crippen LogP contribution in [0.1, 0.15) is 24.2 Å². The van der Waals surface area contributed by atoms with Gasteiger partial charge in [-0.05, 0) is 37.6 Å². The first-order chi connectivity index (χ1) is 9.90. The third kappa shape index (κ3) is 3.17. The predicted octanol–water partition coefficient (Wildman–Crippen LogP) is 3.89. The highest BCUT2D eigenvalue weighted by molar-refractivity contribution is 5.51. The van der Waals surface area contributed by atoms with Crippen molar-refractivity contribution in [2.24, 2.45) is 0 Å². The fourth-order valence-corrected chi connectivity index (χ4v) is 1.99. The lowest BCUT2D eigenvalue weighted by atomic mass is 10.1. The summed E-state index contributed by atoms with van der Waals surface area (Å²) in [5, 5.41) is 20.7. The van der Waals surface area contributed by atoms with Crippen LogP contribution in [0.5, 0.6) is 11.5 Å². The molecule has 0 heterocycles. The van der Waals surface area contributed by atoms with E-state index in [1.807, 2.05) is 0 Å². The molecular weight excluding hydrogens is 277 g/mol. The minimum Gasteiger partial charge on any atom is -0.450 e. The maximum atomic E-state index is 13.8. The number of nitrogens with zero attached hydrogens (tertiary/aromatic N) is 1. The Morgan fingerprint density at radius 2 is 2.00 bits per heavy atom. The lowest BCUT2D eigenvalue weighted by Crippen LogP contribution is -2.01. The second kappa shape index (κ2) is 5.88. The van der Waals surface area contributed by atoms with E-state index in [0.29, 0.717) is 5.56 Å². The Morgan fingerprint density at radius 3 is 2.62 bits per heavy atom. The summed E-state index contributed by atoms with van der Waals surface area (Å²) >= 11 is 0. The lowest BCUT2D eigenvalue weighted by molar-refractivity contribution is -0.385. The zero-order valence-electron chi connectivity index (χ0n) is 11.5. The van der Waals surface area contributed by atoms with Crippen molar-refractivity contribution in [3.8, 4) is 11.5 Å². The van der Waals surface area contributed by atoms with E-state index >= 15 is 0 Å². The van der Waals surface area contributed by atoms with E-state index in [9.17, 15) is 19.6 Å². The maximum absolute atomic E-state index is 13.8. The Balaban J connectivity index is 2.49. The van der Waals surface area contributed by atoms with Gasteiger partial charge in [0.1, 0.15) is 11.6 Å². The third-order valence-corrected chi connectivity index (χ3v) is 2.96. The predicted molar refractivity (Wildman–Crippen MR) is 74.9 cm³/mol. The number of nitro benzene ring substituents is 1. The van der Waals surface area contributed by atoms with E-state index in [-0.39, 0.29) is 22.7 Å². The monoisotopic (exact) mass is 291 g/mol. The molecule has 0 aliphatic rings. The fourth-order valence-electron chi connectivity index (χ4n) is 1.99. The van der Waals surface area contributed by atoms with Gasteiger partial charge in [-0.1, -0.05) is 12.1 Å². The van der Waals surface area contributed by atoms with E-state index in [1.165, 1.54) is 37.3 Å². The normalized spacial score (nSPS) is 12.0. The topological polar surface area (TPSA) is 72.6 Å². The molecule has 1 N–H and O–H groups in total. The second-order valence-corrected chi connectivity index (χ2v) is 4.66. The smallest absolute Gasteiger partial charge is 0.311 e. The van der Waals surface area contributed by atoms with Crippen molar-refractivity contribution in [3.63, 3.8) is 0 Å². The number of benzene rings is 2. The van der Waals surface area contributed by atoms with Gasteiger partial charge in [-0.2, -0.15) is 0 Å². The van der Waals surface area contributed by atoms with Crippen molar-refractivity contribution in [1.82, 2.24) is 0 Å². The van der Waals surface area contributed by atoms with Crippen LogP contribution in [0.15, 0.2) is 36.4 Å². The van der Waals surface area contributed by atoms with Gasteiger partial charge in [0.15, 0.2) is 0 Å². The first-order valence-electron chi connectivity index (χ1n) is 6.29. The molecule has 6 heteroatoms. The number of nitro groups is 1. The summed E-state index contributed by atoms with van der Waals surface area (Å²) in [5.74, 6) is -0.577. The van der Waals surface area contributed by atoms with E-state index < -0.39 is 16.8 Å². The van der Waals surface area contributed by atoms with Gasteiger partial charge in [0.25, 0.3) is 0 Å². The van der Waals surface area contributed by atoms with Crippen LogP contribution in [-0.4, -0.2) is 10.0 Å². The minimum absolute atomic E-state index is 0.00176. The molecule has 0 fully saturated rings. The molecular formula is C15H14FNO4. The van der Waals surface area contributed by atoms with E-state index in [0.717, 1.165) is 0 Å². The highest BCUT2D eigenvalue weighted by Crippen LogP contribution is 2.36. The molecule has 0 amide bonds. The molecule has 2 aromatic rings. The number of aryl methyl sites for hydroxylation is 1. The highest BCUT2D eigenvalue weighted by Gasteiger charge is 2.20. The third-order valence-electron chi connectivity index (χ3n) is 2.96. The molecule has 21 heavy (non-hydrogen) atoms. The molecule has 0 aliphatic carbocycles. The summed E-state index contributed by atoms with van der Waals surface area (Å²) in [4.78, 5) is 10.5. The van der Waals surface area contributed by atoms with Crippen LogP contribution in [0.2, 0.25) is 0 Å². The molecule has 0 radical (unpaired) electrons. The molecule has 0 saturated carbocycles. The summed E-state index contributed by atoms with van der Waals surface area (Å²) < 4.78 is 19.2. The Labute approximate surface area is 120 Å². The van der Waals surface area contributed by atoms with E-state index in [4.69, 9.17) is 4.74 Å². The van der Waals surface area contributed by atoms with Crippen LogP contribution < -0.4 is 4.74 Å². The zero-order valence-corrected chi connectivity index (χ0v) is 11.5. The standard InChI is InChI=1S/C15H14FNO4/c1-9-6-7-13(12(8-9)17(19)20)21-14-5-3-4-11(16)15(14)10(2)18/h3-8,10,18H,1-2H3/t10-/m0/s1. The quantitative estimate of drug-likeness (QED) is 0.685. The van der Waals surface area contributed by atoms with Crippen molar-refractivity contribution < 1.29 is 19.2 Å². The fraction of sp³-hybridized carbons (Fsp3) is 0.200. The van der Waals surface area contributed by atoms with Gasteiger partial charge in [-0.3, -0.25) is 10.1 Å². The van der Waals surface area contributed by atoms with Gasteiger partial charge in [0.05, 0.1) is 16.6 Å². The average Bonchev–Trinajstić information content (AvgIpc) is 2.40. The number of rotatable bonds is 4. The summed E-state index contributed by atoms with van der Waals surface area (Å²) in [6, 6.07) is 8.54. The van der Waals surface area contributed by atoms with Gasteiger partial charge in [0, 0.05) is 6.07 Å². The van der Waals surface area contributed by atoms with Crippen LogP contribution in [0.4, 0.5) is 10.1 Å². The van der Waals surface area contributed by atoms with Crippen molar-refractivity contribution in [1.29, 1.82) is 0 Å². The van der Waals surface area contributed by atoms with Crippen LogP contribution >= 0.6 is 0 Å². The molecule has 110 valence electrons. The summed E-state index contributed by atoms with van der Waals surface area (Å²) in [7, 11) is 0. The first-order valence-corrected chi connectivity index (χ1v) is 6.29. The van der Waals surface area contributed by atoms with Gasteiger partial charge in [-0.25, -0.2) is 4.39 Å². The molecule has 0 saturated heterocycles. The van der Waals surface area contributed by atoms with Crippen molar-refractivity contribution in [2.75, 3.05) is 0 Å². The first kappa shape index (κ1) is 14.9. The molecule has 2 rings (SSSR count). The van der Waals surface area contributed by atoms with E-state index in [2.05, 4.69) is 0 Å². The second-order valence-electron chi connectivity index (χ2n) is 4.66. The Hall–Kier alpha value is -2.47. The zero-order chi connectivity index (χ0) is 15.6. The number of hydrogen-bond acceptors (Lipinski definition) is 4. The van der Waals surface area contributed by atoms with Crippen LogP contribution in [0.3, 0.4) is 0 Å². The molecule has 2 aromatic carbocycles. The van der Waals surface area contributed by atoms with Crippen molar-refractivity contribution in [2.45, 2.75) is 20.0 Å².